The maximum absolute atomic E-state index is 5.68. The molecular weight excluding hydrogens is 238 g/mol. The van der Waals surface area contributed by atoms with Crippen molar-refractivity contribution in [1.82, 2.24) is 0 Å². The molecule has 2 nitrogen and oxygen atoms in total. The van der Waals surface area contributed by atoms with E-state index in [0.29, 0.717) is 11.5 Å². The van der Waals surface area contributed by atoms with Gasteiger partial charge in [0.1, 0.15) is 18.1 Å². The third-order valence-corrected chi connectivity index (χ3v) is 2.80. The summed E-state index contributed by atoms with van der Waals surface area (Å²) in [5, 5.41) is 0. The second kappa shape index (κ2) is 4.84. The number of halogens is 1. The van der Waals surface area contributed by atoms with Crippen molar-refractivity contribution in [3.63, 3.8) is 0 Å². The van der Waals surface area contributed by atoms with Crippen molar-refractivity contribution in [2.24, 2.45) is 0 Å². The Hall–Kier alpha value is 0.750. The summed E-state index contributed by atoms with van der Waals surface area (Å²) >= 11 is 1.91. The lowest BCUT2D eigenvalue weighted by molar-refractivity contribution is -0.873. The van der Waals surface area contributed by atoms with E-state index in [1.807, 2.05) is 11.8 Å². The van der Waals surface area contributed by atoms with Gasteiger partial charge in [-0.15, -0.1) is 11.8 Å². The average Bonchev–Trinajstić information content (AvgIpc) is 2.10. The number of likely N-dealkylation sites (N-methyl/N-ethyl adjacent to an activating group) is 1. The predicted molar refractivity (Wildman–Crippen MR) is 49.7 cm³/mol. The highest BCUT2D eigenvalue weighted by molar-refractivity contribution is 7.99. The minimum Gasteiger partial charge on any atom is -1.00 e. The first-order chi connectivity index (χ1) is 4.97. The summed E-state index contributed by atoms with van der Waals surface area (Å²) in [5.74, 6) is 1.16. The Bertz CT molecular complexity index is 138. The Balaban J connectivity index is 0.00000121. The molecule has 0 aliphatic carbocycles. The van der Waals surface area contributed by atoms with Crippen LogP contribution >= 0.6 is 11.8 Å². The van der Waals surface area contributed by atoms with Crippen LogP contribution in [0.4, 0.5) is 0 Å². The lowest BCUT2D eigenvalue weighted by Crippen LogP contribution is -3.00. The Morgan fingerprint density at radius 3 is 2.33 bits per heavy atom. The lowest BCUT2D eigenvalue weighted by atomic mass is 10.3. The molecule has 0 spiro atoms. The average molecular weight is 256 g/mol. The molecule has 0 aromatic carbocycles. The van der Waals surface area contributed by atoms with E-state index in [0.717, 1.165) is 16.8 Å². The first-order valence-electron chi connectivity index (χ1n) is 4.05. The molecule has 1 saturated heterocycles. The number of quaternary nitrogens is 1. The molecule has 0 N–H and O–H groups in total. The second-order valence-electron chi connectivity index (χ2n) is 4.13. The van der Waals surface area contributed by atoms with Gasteiger partial charge < -0.3 is 26.2 Å². The van der Waals surface area contributed by atoms with E-state index in [9.17, 15) is 0 Å². The lowest BCUT2D eigenvalue weighted by Gasteiger charge is -2.26. The van der Waals surface area contributed by atoms with E-state index >= 15 is 0 Å². The summed E-state index contributed by atoms with van der Waals surface area (Å²) in [6, 6.07) is 0. The highest BCUT2D eigenvalue weighted by Gasteiger charge is 2.26. The third kappa shape index (κ3) is 4.70. The van der Waals surface area contributed by atoms with Crippen LogP contribution in [0.5, 0.6) is 0 Å². The fourth-order valence-electron chi connectivity index (χ4n) is 1.30. The molecule has 0 radical (unpaired) electrons. The van der Waals surface area contributed by atoms with Gasteiger partial charge in [-0.1, -0.05) is 0 Å². The van der Waals surface area contributed by atoms with Gasteiger partial charge in [0.25, 0.3) is 0 Å². The molecule has 1 aliphatic rings. The van der Waals surface area contributed by atoms with Crippen molar-refractivity contribution >= 4 is 11.8 Å². The van der Waals surface area contributed by atoms with E-state index in [1.165, 1.54) is 0 Å². The number of rotatable bonds is 2. The number of nitrogens with zero attached hydrogens (tertiary/aromatic N) is 1. The highest BCUT2D eigenvalue weighted by atomic mass is 79.9. The Labute approximate surface area is 90.0 Å². The quantitative estimate of drug-likeness (QED) is 0.538. The molecule has 74 valence electrons. The van der Waals surface area contributed by atoms with Crippen molar-refractivity contribution < 1.29 is 26.2 Å². The molecule has 0 aromatic rings. The first-order valence-corrected chi connectivity index (χ1v) is 5.10. The summed E-state index contributed by atoms with van der Waals surface area (Å²) in [7, 11) is 6.62. The normalized spacial score (nSPS) is 30.0. The van der Waals surface area contributed by atoms with Crippen LogP contribution in [0.1, 0.15) is 6.92 Å². The van der Waals surface area contributed by atoms with Gasteiger partial charge >= 0.3 is 0 Å². The Morgan fingerprint density at radius 1 is 1.42 bits per heavy atom. The number of ether oxygens (including phenoxy) is 1. The van der Waals surface area contributed by atoms with Gasteiger partial charge in [0.2, 0.25) is 0 Å². The summed E-state index contributed by atoms with van der Waals surface area (Å²) < 4.78 is 6.68. The standard InChI is InChI=1S/C8H18NOS.BrH/c1-7-10-8(6-11-7)5-9(2,3)4;/h7-8H,5-6H2,1-4H3;1H/q+1;/p-1. The summed E-state index contributed by atoms with van der Waals surface area (Å²) in [6.45, 7) is 3.25. The van der Waals surface area contributed by atoms with Crippen molar-refractivity contribution in [2.75, 3.05) is 33.4 Å². The largest absolute Gasteiger partial charge is 1.00 e. The summed E-state index contributed by atoms with van der Waals surface area (Å²) in [6.07, 6.45) is 0.468. The van der Waals surface area contributed by atoms with Gasteiger partial charge in [-0.2, -0.15) is 0 Å². The van der Waals surface area contributed by atoms with Crippen molar-refractivity contribution in [3.05, 3.63) is 0 Å². The molecule has 0 aromatic heterocycles. The molecule has 0 bridgehead atoms. The van der Waals surface area contributed by atoms with E-state index in [-0.39, 0.29) is 17.0 Å². The van der Waals surface area contributed by atoms with Crippen molar-refractivity contribution in [1.29, 1.82) is 0 Å². The van der Waals surface area contributed by atoms with Gasteiger partial charge in [-0.05, 0) is 6.92 Å². The molecule has 1 rings (SSSR count). The van der Waals surface area contributed by atoms with Gasteiger partial charge in [0.15, 0.2) is 0 Å². The molecule has 0 amide bonds. The summed E-state index contributed by atoms with van der Waals surface area (Å²) in [5.41, 5.74) is 0.409. The second-order valence-corrected chi connectivity index (χ2v) is 5.46. The molecule has 2 atom stereocenters. The van der Waals surface area contributed by atoms with E-state index < -0.39 is 0 Å². The monoisotopic (exact) mass is 255 g/mol. The first kappa shape index (κ1) is 12.8. The highest BCUT2D eigenvalue weighted by Crippen LogP contribution is 2.25. The topological polar surface area (TPSA) is 9.23 Å². The van der Waals surface area contributed by atoms with E-state index in [4.69, 9.17) is 4.74 Å². The molecule has 1 fully saturated rings. The van der Waals surface area contributed by atoms with Crippen LogP contribution in [0, 0.1) is 0 Å². The molecule has 2 unspecified atom stereocenters. The molecule has 4 heteroatoms. The zero-order valence-electron chi connectivity index (χ0n) is 8.21. The molecule has 12 heavy (non-hydrogen) atoms. The van der Waals surface area contributed by atoms with Gasteiger partial charge in [-0.3, -0.25) is 0 Å². The number of hydrogen-bond donors (Lipinski definition) is 0. The van der Waals surface area contributed by atoms with Crippen LogP contribution < -0.4 is 17.0 Å². The zero-order chi connectivity index (χ0) is 8.48. The van der Waals surface area contributed by atoms with Crippen LogP contribution in [0.3, 0.4) is 0 Å². The smallest absolute Gasteiger partial charge is 0.117 e. The Kier molecular flexibility index (Phi) is 5.14. The Morgan fingerprint density at radius 2 is 2.00 bits per heavy atom. The predicted octanol–water partition coefficient (Wildman–Crippen LogP) is -1.83. The van der Waals surface area contributed by atoms with Crippen LogP contribution in [-0.2, 0) is 4.74 Å². The maximum atomic E-state index is 5.68. The maximum Gasteiger partial charge on any atom is 0.117 e. The third-order valence-electron chi connectivity index (χ3n) is 1.65. The molecular formula is C8H18BrNOS. The van der Waals surface area contributed by atoms with Crippen molar-refractivity contribution in [2.45, 2.75) is 18.5 Å². The van der Waals surface area contributed by atoms with Gasteiger partial charge in [-0.25, -0.2) is 0 Å². The van der Waals surface area contributed by atoms with Crippen LogP contribution in [-0.4, -0.2) is 49.5 Å². The molecule has 0 saturated carbocycles. The number of thioether (sulfide) groups is 1. The summed E-state index contributed by atoms with van der Waals surface area (Å²) in [4.78, 5) is 0. The fraction of sp³-hybridized carbons (Fsp3) is 1.00. The van der Waals surface area contributed by atoms with Crippen LogP contribution in [0.15, 0.2) is 0 Å². The molecule has 1 aliphatic heterocycles. The molecule has 1 heterocycles. The van der Waals surface area contributed by atoms with Crippen LogP contribution in [0.25, 0.3) is 0 Å². The van der Waals surface area contributed by atoms with Gasteiger partial charge in [0.05, 0.1) is 21.1 Å². The SMILES string of the molecule is CC1OC(C[N+](C)(C)C)CS1.[Br-]. The zero-order valence-corrected chi connectivity index (χ0v) is 10.6. The number of hydrogen-bond acceptors (Lipinski definition) is 2. The van der Waals surface area contributed by atoms with Gasteiger partial charge in [0, 0.05) is 5.75 Å². The fourth-order valence-corrected chi connectivity index (χ4v) is 2.20. The van der Waals surface area contributed by atoms with Crippen molar-refractivity contribution in [3.8, 4) is 0 Å². The van der Waals surface area contributed by atoms with Crippen LogP contribution in [0.2, 0.25) is 0 Å². The minimum absolute atomic E-state index is 0. The van der Waals surface area contributed by atoms with E-state index in [1.54, 1.807) is 0 Å². The van der Waals surface area contributed by atoms with E-state index in [2.05, 4.69) is 28.1 Å². The minimum atomic E-state index is 0.